The van der Waals surface area contributed by atoms with E-state index in [0.29, 0.717) is 5.92 Å². The molecule has 0 amide bonds. The summed E-state index contributed by atoms with van der Waals surface area (Å²) in [4.78, 5) is 0. The molecule has 2 rings (SSSR count). The molecule has 2 aromatic rings. The van der Waals surface area contributed by atoms with E-state index in [2.05, 4.69) is 24.5 Å². The molecule has 0 saturated carbocycles. The van der Waals surface area contributed by atoms with Gasteiger partial charge < -0.3 is 5.73 Å². The Bertz CT molecular complexity index is 475. The summed E-state index contributed by atoms with van der Waals surface area (Å²) in [5.74, 6) is 0.492. The van der Waals surface area contributed by atoms with Crippen molar-refractivity contribution in [1.82, 2.24) is 0 Å². The van der Waals surface area contributed by atoms with Gasteiger partial charge in [0.1, 0.15) is 0 Å². The molecule has 0 spiro atoms. The maximum atomic E-state index is 5.92. The predicted octanol–water partition coefficient (Wildman–Crippen LogP) is 2.67. The van der Waals surface area contributed by atoms with E-state index in [0.717, 1.165) is 11.4 Å². The van der Waals surface area contributed by atoms with Crippen molar-refractivity contribution in [3.8, 4) is 5.69 Å². The highest BCUT2D eigenvalue weighted by atomic mass is 14.9. The van der Waals surface area contributed by atoms with Gasteiger partial charge in [0.05, 0.1) is 0 Å². The van der Waals surface area contributed by atoms with E-state index in [1.807, 2.05) is 42.7 Å². The molecule has 2 heteroatoms. The van der Waals surface area contributed by atoms with Gasteiger partial charge >= 0.3 is 0 Å². The third-order valence-corrected chi connectivity index (χ3v) is 2.64. The third-order valence-electron chi connectivity index (χ3n) is 2.64. The summed E-state index contributed by atoms with van der Waals surface area (Å²) < 4.78 is 2.07. The average Bonchev–Trinajstić information content (AvgIpc) is 2.29. The van der Waals surface area contributed by atoms with Crippen molar-refractivity contribution in [1.29, 1.82) is 0 Å². The fraction of sp³-hybridized carbons (Fsp3) is 0.214. The van der Waals surface area contributed by atoms with Crippen molar-refractivity contribution < 1.29 is 4.57 Å². The van der Waals surface area contributed by atoms with Gasteiger partial charge in [0.2, 0.25) is 5.69 Å². The number of anilines is 1. The van der Waals surface area contributed by atoms with Crippen LogP contribution >= 0.6 is 0 Å². The molecule has 0 aliphatic rings. The zero-order valence-electron chi connectivity index (χ0n) is 9.72. The topological polar surface area (TPSA) is 29.9 Å². The van der Waals surface area contributed by atoms with Crippen molar-refractivity contribution in [2.24, 2.45) is 0 Å². The Balaban J connectivity index is 2.50. The number of hydrogen-bond acceptors (Lipinski definition) is 1. The summed E-state index contributed by atoms with van der Waals surface area (Å²) in [6.45, 7) is 4.35. The molecule has 0 saturated heterocycles. The van der Waals surface area contributed by atoms with Crippen LogP contribution in [0.15, 0.2) is 48.8 Å². The number of nitrogens with zero attached hydrogens (tertiary/aromatic N) is 1. The van der Waals surface area contributed by atoms with Crippen molar-refractivity contribution in [2.45, 2.75) is 19.8 Å². The number of hydrogen-bond donors (Lipinski definition) is 1. The molecule has 0 aliphatic carbocycles. The van der Waals surface area contributed by atoms with Crippen LogP contribution in [0, 0.1) is 0 Å². The Labute approximate surface area is 96.4 Å². The van der Waals surface area contributed by atoms with E-state index in [1.54, 1.807) is 0 Å². The number of aromatic nitrogens is 1. The Hall–Kier alpha value is -1.83. The van der Waals surface area contributed by atoms with E-state index in [9.17, 15) is 0 Å². The molecule has 2 N–H and O–H groups in total. The lowest BCUT2D eigenvalue weighted by Crippen LogP contribution is -2.29. The zero-order chi connectivity index (χ0) is 11.5. The van der Waals surface area contributed by atoms with Gasteiger partial charge in [-0.05, 0) is 17.5 Å². The molecule has 1 aromatic heterocycles. The molecular formula is C14H17N2+. The van der Waals surface area contributed by atoms with Crippen LogP contribution in [0.1, 0.15) is 25.3 Å². The van der Waals surface area contributed by atoms with Crippen LogP contribution < -0.4 is 10.3 Å². The minimum Gasteiger partial charge on any atom is -0.399 e. The number of pyridine rings is 1. The quantitative estimate of drug-likeness (QED) is 0.603. The SMILES string of the molecule is CC(C)c1cc(N)cc(-[n+]2ccccc2)c1. The summed E-state index contributed by atoms with van der Waals surface area (Å²) in [5.41, 5.74) is 9.12. The Morgan fingerprint density at radius 3 is 2.31 bits per heavy atom. The molecule has 1 heterocycles. The van der Waals surface area contributed by atoms with Crippen molar-refractivity contribution in [3.63, 3.8) is 0 Å². The summed E-state index contributed by atoms with van der Waals surface area (Å²) in [5, 5.41) is 0. The lowest BCUT2D eigenvalue weighted by Gasteiger charge is -2.06. The molecule has 1 aromatic carbocycles. The van der Waals surface area contributed by atoms with Crippen LogP contribution in [0.3, 0.4) is 0 Å². The second-order valence-corrected chi connectivity index (χ2v) is 4.30. The molecule has 0 unspecified atom stereocenters. The number of rotatable bonds is 2. The highest BCUT2D eigenvalue weighted by molar-refractivity contribution is 5.48. The van der Waals surface area contributed by atoms with E-state index in [4.69, 9.17) is 5.73 Å². The normalized spacial score (nSPS) is 10.7. The highest BCUT2D eigenvalue weighted by Gasteiger charge is 2.09. The minimum absolute atomic E-state index is 0.492. The average molecular weight is 213 g/mol. The minimum atomic E-state index is 0.492. The standard InChI is InChI=1S/C14H17N2/c1-11(2)12-8-13(15)10-14(9-12)16-6-4-3-5-7-16/h3-11H,15H2,1-2H3/q+1. The fourth-order valence-electron chi connectivity index (χ4n) is 1.71. The molecule has 0 atom stereocenters. The second-order valence-electron chi connectivity index (χ2n) is 4.30. The molecule has 0 bridgehead atoms. The van der Waals surface area contributed by atoms with E-state index in [1.165, 1.54) is 5.56 Å². The fourth-order valence-corrected chi connectivity index (χ4v) is 1.71. The molecule has 16 heavy (non-hydrogen) atoms. The van der Waals surface area contributed by atoms with Crippen molar-refractivity contribution in [2.75, 3.05) is 5.73 Å². The maximum absolute atomic E-state index is 5.92. The third kappa shape index (κ3) is 2.22. The second kappa shape index (κ2) is 4.35. The van der Waals surface area contributed by atoms with Gasteiger partial charge in [-0.2, -0.15) is 4.57 Å². The smallest absolute Gasteiger partial charge is 0.212 e. The molecule has 0 radical (unpaired) electrons. The van der Waals surface area contributed by atoms with Gasteiger partial charge in [-0.3, -0.25) is 0 Å². The van der Waals surface area contributed by atoms with Crippen LogP contribution in [-0.4, -0.2) is 0 Å². The van der Waals surface area contributed by atoms with E-state index in [-0.39, 0.29) is 0 Å². The molecular weight excluding hydrogens is 196 g/mol. The van der Waals surface area contributed by atoms with Crippen molar-refractivity contribution in [3.05, 3.63) is 54.4 Å². The number of benzene rings is 1. The van der Waals surface area contributed by atoms with Gasteiger partial charge in [0, 0.05) is 30.0 Å². The van der Waals surface area contributed by atoms with Crippen LogP contribution in [-0.2, 0) is 0 Å². The predicted molar refractivity (Wildman–Crippen MR) is 66.5 cm³/mol. The molecule has 0 aliphatic heterocycles. The number of nitrogen functional groups attached to an aromatic ring is 1. The Morgan fingerprint density at radius 2 is 1.69 bits per heavy atom. The van der Waals surface area contributed by atoms with E-state index >= 15 is 0 Å². The summed E-state index contributed by atoms with van der Waals surface area (Å²) in [6, 6.07) is 12.2. The van der Waals surface area contributed by atoms with Gasteiger partial charge in [0.15, 0.2) is 12.4 Å². The Kier molecular flexibility index (Phi) is 2.91. The first-order chi connectivity index (χ1) is 7.66. The number of nitrogens with two attached hydrogens (primary N) is 1. The van der Waals surface area contributed by atoms with Crippen LogP contribution in [0.25, 0.3) is 5.69 Å². The highest BCUT2D eigenvalue weighted by Crippen LogP contribution is 2.19. The summed E-state index contributed by atoms with van der Waals surface area (Å²) in [6.07, 6.45) is 4.05. The van der Waals surface area contributed by atoms with Gasteiger partial charge in [-0.15, -0.1) is 0 Å². The van der Waals surface area contributed by atoms with Gasteiger partial charge in [-0.1, -0.05) is 19.9 Å². The maximum Gasteiger partial charge on any atom is 0.212 e. The summed E-state index contributed by atoms with van der Waals surface area (Å²) in [7, 11) is 0. The Morgan fingerprint density at radius 1 is 1.00 bits per heavy atom. The molecule has 0 fully saturated rings. The van der Waals surface area contributed by atoms with Crippen LogP contribution in [0.4, 0.5) is 5.69 Å². The molecule has 82 valence electrons. The monoisotopic (exact) mass is 213 g/mol. The van der Waals surface area contributed by atoms with Crippen LogP contribution in [0.5, 0.6) is 0 Å². The van der Waals surface area contributed by atoms with Crippen LogP contribution in [0.2, 0.25) is 0 Å². The first-order valence-electron chi connectivity index (χ1n) is 5.54. The first kappa shape index (κ1) is 10.7. The lowest BCUT2D eigenvalue weighted by atomic mass is 10.0. The van der Waals surface area contributed by atoms with Gasteiger partial charge in [0.25, 0.3) is 0 Å². The first-order valence-corrected chi connectivity index (χ1v) is 5.54. The summed E-state index contributed by atoms with van der Waals surface area (Å²) >= 11 is 0. The van der Waals surface area contributed by atoms with Crippen molar-refractivity contribution >= 4 is 5.69 Å². The lowest BCUT2D eigenvalue weighted by molar-refractivity contribution is -0.595. The van der Waals surface area contributed by atoms with Gasteiger partial charge in [-0.25, -0.2) is 0 Å². The van der Waals surface area contributed by atoms with E-state index < -0.39 is 0 Å². The largest absolute Gasteiger partial charge is 0.399 e. The molecule has 2 nitrogen and oxygen atoms in total. The zero-order valence-corrected chi connectivity index (χ0v) is 9.72.